The fourth-order valence-electron chi connectivity index (χ4n) is 3.04. The molecule has 0 bridgehead atoms. The highest BCUT2D eigenvalue weighted by atomic mass is 19.1. The number of nitrogens with two attached hydrogens (primary N) is 1. The Balaban J connectivity index is 1.57. The number of carbonyl (C=O) groups is 1. The van der Waals surface area contributed by atoms with Gasteiger partial charge in [0.15, 0.2) is 6.04 Å². The predicted octanol–water partition coefficient (Wildman–Crippen LogP) is 2.36. The molecule has 2 N–H and O–H groups in total. The molecule has 0 spiro atoms. The number of fused-ring (bicyclic) bond motifs is 1. The van der Waals surface area contributed by atoms with E-state index in [2.05, 4.69) is 0 Å². The van der Waals surface area contributed by atoms with Crippen molar-refractivity contribution in [3.8, 4) is 17.2 Å². The Labute approximate surface area is 153 Å². The van der Waals surface area contributed by atoms with Crippen molar-refractivity contribution in [3.63, 3.8) is 0 Å². The zero-order valence-electron chi connectivity index (χ0n) is 14.3. The minimum Gasteiger partial charge on any atom is -0.460 e. The Bertz CT molecular complexity index is 1040. The molecule has 0 unspecified atom stereocenters. The first-order chi connectivity index (χ1) is 13.1. The summed E-state index contributed by atoms with van der Waals surface area (Å²) in [5, 5.41) is 2.25. The average molecular weight is 370 g/mol. The first kappa shape index (κ1) is 17.2. The molecule has 2 heterocycles. The van der Waals surface area contributed by atoms with E-state index in [4.69, 9.17) is 13.9 Å². The van der Waals surface area contributed by atoms with Crippen molar-refractivity contribution >= 4 is 16.9 Å². The molecule has 1 aromatic heterocycles. The second kappa shape index (κ2) is 7.20. The van der Waals surface area contributed by atoms with E-state index in [0.29, 0.717) is 16.9 Å². The Morgan fingerprint density at radius 3 is 2.67 bits per heavy atom. The molecule has 1 aliphatic heterocycles. The molecule has 1 aliphatic rings. The molecular weight excluding hydrogens is 353 g/mol. The van der Waals surface area contributed by atoms with Gasteiger partial charge in [-0.2, -0.15) is 0 Å². The summed E-state index contributed by atoms with van der Waals surface area (Å²) < 4.78 is 29.3. The Morgan fingerprint density at radius 2 is 1.93 bits per heavy atom. The quantitative estimate of drug-likeness (QED) is 0.563. The molecule has 1 fully saturated rings. The van der Waals surface area contributed by atoms with Crippen LogP contribution in [0.25, 0.3) is 11.0 Å². The van der Waals surface area contributed by atoms with Gasteiger partial charge in [-0.25, -0.2) is 9.18 Å². The number of hydrogen-bond acceptors (Lipinski definition) is 5. The Kier molecular flexibility index (Phi) is 4.60. The molecular formula is C20H17FNO5+. The first-order valence-electron chi connectivity index (χ1n) is 8.64. The zero-order valence-corrected chi connectivity index (χ0v) is 14.3. The maximum absolute atomic E-state index is 13.0. The van der Waals surface area contributed by atoms with Crippen molar-refractivity contribution in [2.75, 3.05) is 6.54 Å². The number of benzene rings is 2. The van der Waals surface area contributed by atoms with Crippen LogP contribution in [0.1, 0.15) is 12.8 Å². The number of esters is 1. The van der Waals surface area contributed by atoms with Crippen LogP contribution in [0.4, 0.5) is 4.39 Å². The van der Waals surface area contributed by atoms with Crippen LogP contribution in [0.3, 0.4) is 0 Å². The van der Waals surface area contributed by atoms with Crippen molar-refractivity contribution in [2.24, 2.45) is 0 Å². The van der Waals surface area contributed by atoms with Gasteiger partial charge in [-0.3, -0.25) is 4.79 Å². The lowest BCUT2D eigenvalue weighted by atomic mass is 10.2. The van der Waals surface area contributed by atoms with Gasteiger partial charge in [0, 0.05) is 18.9 Å². The summed E-state index contributed by atoms with van der Waals surface area (Å²) in [7, 11) is 0. The lowest BCUT2D eigenvalue weighted by Crippen LogP contribution is -2.88. The minimum atomic E-state index is -0.398. The summed E-state index contributed by atoms with van der Waals surface area (Å²) in [5.41, 5.74) is -0.0882. The first-order valence-corrected chi connectivity index (χ1v) is 8.64. The average Bonchev–Trinajstić information content (AvgIpc) is 3.21. The number of rotatable bonds is 4. The van der Waals surface area contributed by atoms with Crippen LogP contribution in [0.5, 0.6) is 17.2 Å². The van der Waals surface area contributed by atoms with Crippen LogP contribution in [-0.2, 0) is 4.79 Å². The van der Waals surface area contributed by atoms with Crippen LogP contribution < -0.4 is 20.2 Å². The van der Waals surface area contributed by atoms with E-state index >= 15 is 0 Å². The van der Waals surface area contributed by atoms with E-state index < -0.39 is 5.82 Å². The van der Waals surface area contributed by atoms with E-state index in [0.717, 1.165) is 19.4 Å². The molecule has 1 saturated heterocycles. The molecule has 4 rings (SSSR count). The summed E-state index contributed by atoms with van der Waals surface area (Å²) in [6.07, 6.45) is 2.97. The smallest absolute Gasteiger partial charge is 0.370 e. The van der Waals surface area contributed by atoms with Crippen LogP contribution in [0.2, 0.25) is 0 Å². The third kappa shape index (κ3) is 3.68. The Morgan fingerprint density at radius 1 is 1.15 bits per heavy atom. The SMILES string of the molecule is O=C(Oc1ccc2c(=O)c(Oc3ccc(F)cc3)coc2c1)[C@H]1CCC[NH2+]1. The predicted molar refractivity (Wildman–Crippen MR) is 94.4 cm³/mol. The van der Waals surface area contributed by atoms with Gasteiger partial charge in [-0.1, -0.05) is 0 Å². The second-order valence-electron chi connectivity index (χ2n) is 6.34. The largest absolute Gasteiger partial charge is 0.460 e. The molecule has 1 atom stereocenters. The van der Waals surface area contributed by atoms with E-state index in [1.807, 2.05) is 5.32 Å². The molecule has 2 aromatic carbocycles. The summed E-state index contributed by atoms with van der Waals surface area (Å²) in [4.78, 5) is 24.7. The van der Waals surface area contributed by atoms with Crippen molar-refractivity contribution < 1.29 is 28.4 Å². The summed E-state index contributed by atoms with van der Waals surface area (Å²) in [6, 6.07) is 9.71. The molecule has 138 valence electrons. The third-order valence-electron chi connectivity index (χ3n) is 4.45. The topological polar surface area (TPSA) is 82.4 Å². The van der Waals surface area contributed by atoms with Crippen LogP contribution >= 0.6 is 0 Å². The highest BCUT2D eigenvalue weighted by molar-refractivity contribution is 5.81. The number of hydrogen-bond donors (Lipinski definition) is 1. The standard InChI is InChI=1S/C20H16FNO5/c21-12-3-5-13(6-4-12)26-18-11-25-17-10-14(7-8-15(17)19(18)23)27-20(24)16-2-1-9-22-16/h3-8,10-11,16,22H,1-2,9H2/p+1/t16-/m1/s1. The molecule has 6 nitrogen and oxygen atoms in total. The monoisotopic (exact) mass is 370 g/mol. The maximum atomic E-state index is 13.0. The van der Waals surface area contributed by atoms with Crippen molar-refractivity contribution in [1.29, 1.82) is 0 Å². The summed E-state index contributed by atoms with van der Waals surface area (Å²) in [6.45, 7) is 0.920. The van der Waals surface area contributed by atoms with Crippen LogP contribution in [-0.4, -0.2) is 18.6 Å². The van der Waals surface area contributed by atoms with Crippen molar-refractivity contribution in [2.45, 2.75) is 18.9 Å². The zero-order chi connectivity index (χ0) is 18.8. The maximum Gasteiger partial charge on any atom is 0.370 e. The van der Waals surface area contributed by atoms with Crippen LogP contribution in [0, 0.1) is 5.82 Å². The van der Waals surface area contributed by atoms with Gasteiger partial charge in [0.05, 0.1) is 11.9 Å². The number of halogens is 1. The summed E-state index contributed by atoms with van der Waals surface area (Å²) in [5.74, 6) is -0.0698. The third-order valence-corrected chi connectivity index (χ3v) is 4.45. The molecule has 0 radical (unpaired) electrons. The number of quaternary nitrogens is 1. The van der Waals surface area contributed by atoms with Gasteiger partial charge in [-0.05, 0) is 36.4 Å². The van der Waals surface area contributed by atoms with E-state index in [9.17, 15) is 14.0 Å². The van der Waals surface area contributed by atoms with E-state index in [1.54, 1.807) is 6.07 Å². The molecule has 3 aromatic rings. The fourth-order valence-corrected chi connectivity index (χ4v) is 3.04. The highest BCUT2D eigenvalue weighted by Crippen LogP contribution is 2.24. The van der Waals surface area contributed by atoms with E-state index in [-0.39, 0.29) is 28.8 Å². The fraction of sp³-hybridized carbons (Fsp3) is 0.200. The number of carbonyl (C=O) groups excluding carboxylic acids is 1. The molecule has 0 amide bonds. The van der Waals surface area contributed by atoms with Crippen molar-refractivity contribution in [1.82, 2.24) is 0 Å². The molecule has 0 saturated carbocycles. The van der Waals surface area contributed by atoms with E-state index in [1.165, 1.54) is 42.7 Å². The summed E-state index contributed by atoms with van der Waals surface area (Å²) >= 11 is 0. The minimum absolute atomic E-state index is 0.0144. The lowest BCUT2D eigenvalue weighted by Gasteiger charge is -2.09. The van der Waals surface area contributed by atoms with Gasteiger partial charge >= 0.3 is 5.97 Å². The number of ether oxygens (including phenoxy) is 2. The lowest BCUT2D eigenvalue weighted by molar-refractivity contribution is -0.658. The van der Waals surface area contributed by atoms with Gasteiger partial charge in [0.2, 0.25) is 11.2 Å². The Hall–Kier alpha value is -3.19. The molecule has 0 aliphatic carbocycles. The van der Waals surface area contributed by atoms with Gasteiger partial charge in [0.25, 0.3) is 0 Å². The van der Waals surface area contributed by atoms with Gasteiger partial charge < -0.3 is 19.2 Å². The van der Waals surface area contributed by atoms with Crippen LogP contribution in [0.15, 0.2) is 57.9 Å². The second-order valence-corrected chi connectivity index (χ2v) is 6.34. The highest BCUT2D eigenvalue weighted by Gasteiger charge is 2.28. The normalized spacial score (nSPS) is 16.4. The molecule has 7 heteroatoms. The van der Waals surface area contributed by atoms with Gasteiger partial charge in [0.1, 0.15) is 29.2 Å². The van der Waals surface area contributed by atoms with Crippen molar-refractivity contribution in [3.05, 3.63) is 64.8 Å². The van der Waals surface area contributed by atoms with Gasteiger partial charge in [-0.15, -0.1) is 0 Å². The molecule has 27 heavy (non-hydrogen) atoms.